The highest BCUT2D eigenvalue weighted by Crippen LogP contribution is 2.16. The lowest BCUT2D eigenvalue weighted by Gasteiger charge is -2.04. The topological polar surface area (TPSA) is 0 Å². The highest BCUT2D eigenvalue weighted by atomic mass is 14.0. The van der Waals surface area contributed by atoms with E-state index in [2.05, 4.69) is 20.3 Å². The van der Waals surface area contributed by atoms with Crippen LogP contribution in [0.1, 0.15) is 219 Å². The molecule has 211 valence electrons. The Labute approximate surface area is 225 Å². The van der Waals surface area contributed by atoms with Gasteiger partial charge >= 0.3 is 0 Å². The van der Waals surface area contributed by atoms with Crippen molar-refractivity contribution < 1.29 is 0 Å². The van der Waals surface area contributed by atoms with Crippen LogP contribution in [0.2, 0.25) is 0 Å². The molecule has 0 aromatic heterocycles. The monoisotopic (exact) mass is 492 g/mol. The predicted octanol–water partition coefficient (Wildman–Crippen LogP) is 13.7. The minimum absolute atomic E-state index is 1.37. The lowest BCUT2D eigenvalue weighted by atomic mass is 10.0. The van der Waals surface area contributed by atoms with Gasteiger partial charge in [-0.3, -0.25) is 0 Å². The van der Waals surface area contributed by atoms with Gasteiger partial charge in [-0.05, 0) is 6.42 Å². The Morgan fingerprint density at radius 3 is 0.600 bits per heavy atom. The Morgan fingerprint density at radius 1 is 0.229 bits per heavy atom. The molecule has 0 heteroatoms. The zero-order valence-electron chi connectivity index (χ0n) is 25.2. The van der Waals surface area contributed by atoms with Gasteiger partial charge in [0.15, 0.2) is 0 Å². The SMILES string of the molecule is CCCCCCCCCCCCCCCC[CH]CCCCCCCCCCCCCCCCCC. The minimum atomic E-state index is 1.37. The number of hydrogen-bond donors (Lipinski definition) is 0. The molecule has 0 fully saturated rings. The standard InChI is InChI=1S/C35H71/c1-3-5-7-9-11-13-15-17-19-21-23-25-27-29-31-33-35-34-32-30-28-26-24-22-20-18-16-14-12-10-8-6-4-2/h33H,3-32,34-35H2,1-2H3. The summed E-state index contributed by atoms with van der Waals surface area (Å²) < 4.78 is 0. The minimum Gasteiger partial charge on any atom is -0.0654 e. The smallest absolute Gasteiger partial charge is 0.0386 e. The van der Waals surface area contributed by atoms with Gasteiger partial charge in [-0.25, -0.2) is 0 Å². The van der Waals surface area contributed by atoms with Gasteiger partial charge in [-0.2, -0.15) is 0 Å². The molecule has 0 atom stereocenters. The number of unbranched alkanes of at least 4 members (excludes halogenated alkanes) is 32. The van der Waals surface area contributed by atoms with Crippen LogP contribution in [-0.2, 0) is 0 Å². The van der Waals surface area contributed by atoms with Gasteiger partial charge in [0, 0.05) is 0 Å². The largest absolute Gasteiger partial charge is 0.0654 e. The van der Waals surface area contributed by atoms with Crippen molar-refractivity contribution >= 4 is 0 Å². The number of hydrogen-bond acceptors (Lipinski definition) is 0. The Bertz CT molecular complexity index is 301. The lowest BCUT2D eigenvalue weighted by Crippen LogP contribution is -1.85. The van der Waals surface area contributed by atoms with Crippen molar-refractivity contribution in [2.45, 2.75) is 219 Å². The van der Waals surface area contributed by atoms with Gasteiger partial charge in [0.2, 0.25) is 0 Å². The molecule has 0 N–H and O–H groups in total. The van der Waals surface area contributed by atoms with E-state index >= 15 is 0 Å². The molecular formula is C35H71. The molecule has 0 aliphatic rings. The third kappa shape index (κ3) is 34.0. The van der Waals surface area contributed by atoms with Gasteiger partial charge in [0.25, 0.3) is 0 Å². The van der Waals surface area contributed by atoms with E-state index in [0.29, 0.717) is 0 Å². The molecule has 0 heterocycles. The summed E-state index contributed by atoms with van der Waals surface area (Å²) in [5, 5.41) is 0. The Kier molecular flexibility index (Phi) is 34.0. The summed E-state index contributed by atoms with van der Waals surface area (Å²) in [6.07, 6.45) is 49.4. The van der Waals surface area contributed by atoms with E-state index in [1.54, 1.807) is 0 Å². The maximum absolute atomic E-state index is 2.59. The highest BCUT2D eigenvalue weighted by molar-refractivity contribution is 4.64. The third-order valence-corrected chi connectivity index (χ3v) is 8.02. The molecule has 0 saturated carbocycles. The van der Waals surface area contributed by atoms with Crippen LogP contribution in [-0.4, -0.2) is 0 Å². The zero-order valence-corrected chi connectivity index (χ0v) is 25.2. The molecule has 0 bridgehead atoms. The summed E-state index contributed by atoms with van der Waals surface area (Å²) >= 11 is 0. The average molecular weight is 492 g/mol. The van der Waals surface area contributed by atoms with E-state index in [0.717, 1.165) is 0 Å². The molecule has 0 spiro atoms. The summed E-state index contributed by atoms with van der Waals surface area (Å²) in [7, 11) is 0. The van der Waals surface area contributed by atoms with Crippen LogP contribution in [0.5, 0.6) is 0 Å². The first-order valence-corrected chi connectivity index (χ1v) is 17.2. The molecular weight excluding hydrogens is 420 g/mol. The van der Waals surface area contributed by atoms with Gasteiger partial charge < -0.3 is 0 Å². The van der Waals surface area contributed by atoms with Crippen LogP contribution in [0.25, 0.3) is 0 Å². The fourth-order valence-electron chi connectivity index (χ4n) is 5.46. The van der Waals surface area contributed by atoms with E-state index in [9.17, 15) is 0 Å². The fraction of sp³-hybridized carbons (Fsp3) is 0.971. The van der Waals surface area contributed by atoms with Crippen molar-refractivity contribution in [3.8, 4) is 0 Å². The summed E-state index contributed by atoms with van der Waals surface area (Å²) in [5.41, 5.74) is 0. The van der Waals surface area contributed by atoms with Gasteiger partial charge in [0.1, 0.15) is 0 Å². The molecule has 0 rings (SSSR count). The zero-order chi connectivity index (χ0) is 25.3. The normalized spacial score (nSPS) is 11.5. The van der Waals surface area contributed by atoms with Crippen molar-refractivity contribution in [2.75, 3.05) is 0 Å². The van der Waals surface area contributed by atoms with Crippen LogP contribution in [0, 0.1) is 6.42 Å². The van der Waals surface area contributed by atoms with Crippen LogP contribution in [0.4, 0.5) is 0 Å². The summed E-state index contributed by atoms with van der Waals surface area (Å²) in [6.45, 7) is 4.61. The Hall–Kier alpha value is 0. The third-order valence-electron chi connectivity index (χ3n) is 8.02. The molecule has 0 aromatic carbocycles. The number of rotatable bonds is 32. The molecule has 0 aromatic rings. The molecule has 35 heavy (non-hydrogen) atoms. The van der Waals surface area contributed by atoms with Crippen LogP contribution < -0.4 is 0 Å². The second-order valence-corrected chi connectivity index (χ2v) is 11.8. The average Bonchev–Trinajstić information content (AvgIpc) is 2.87. The summed E-state index contributed by atoms with van der Waals surface area (Å²) in [4.78, 5) is 0. The summed E-state index contributed by atoms with van der Waals surface area (Å²) in [5.74, 6) is 0. The predicted molar refractivity (Wildman–Crippen MR) is 163 cm³/mol. The molecule has 0 amide bonds. The molecule has 0 unspecified atom stereocenters. The maximum atomic E-state index is 2.59. The molecule has 0 aliphatic heterocycles. The lowest BCUT2D eigenvalue weighted by molar-refractivity contribution is 0.527. The molecule has 0 saturated heterocycles. The maximum Gasteiger partial charge on any atom is -0.0386 e. The van der Waals surface area contributed by atoms with E-state index in [1.807, 2.05) is 0 Å². The Balaban J connectivity index is 3.00. The first-order chi connectivity index (χ1) is 17.4. The van der Waals surface area contributed by atoms with Crippen molar-refractivity contribution in [1.82, 2.24) is 0 Å². The molecule has 1 radical (unpaired) electrons. The fourth-order valence-corrected chi connectivity index (χ4v) is 5.46. The second-order valence-electron chi connectivity index (χ2n) is 11.8. The van der Waals surface area contributed by atoms with Crippen molar-refractivity contribution in [2.24, 2.45) is 0 Å². The van der Waals surface area contributed by atoms with E-state index in [4.69, 9.17) is 0 Å². The van der Waals surface area contributed by atoms with Crippen LogP contribution in [0.3, 0.4) is 0 Å². The first kappa shape index (κ1) is 35.0. The van der Waals surface area contributed by atoms with Crippen molar-refractivity contribution in [3.63, 3.8) is 0 Å². The second kappa shape index (κ2) is 34.0. The first-order valence-electron chi connectivity index (χ1n) is 17.2. The molecule has 0 aliphatic carbocycles. The van der Waals surface area contributed by atoms with Gasteiger partial charge in [0.05, 0.1) is 0 Å². The van der Waals surface area contributed by atoms with E-state index in [1.165, 1.54) is 205 Å². The van der Waals surface area contributed by atoms with Gasteiger partial charge in [-0.15, -0.1) is 0 Å². The van der Waals surface area contributed by atoms with Gasteiger partial charge in [-0.1, -0.05) is 219 Å². The van der Waals surface area contributed by atoms with E-state index < -0.39 is 0 Å². The quantitative estimate of drug-likeness (QED) is 0.0820. The van der Waals surface area contributed by atoms with Crippen LogP contribution in [0.15, 0.2) is 0 Å². The summed E-state index contributed by atoms with van der Waals surface area (Å²) in [6, 6.07) is 0. The highest BCUT2D eigenvalue weighted by Gasteiger charge is 1.97. The van der Waals surface area contributed by atoms with Crippen molar-refractivity contribution in [3.05, 3.63) is 6.42 Å². The Morgan fingerprint density at radius 2 is 0.400 bits per heavy atom. The van der Waals surface area contributed by atoms with Crippen molar-refractivity contribution in [1.29, 1.82) is 0 Å². The van der Waals surface area contributed by atoms with E-state index in [-0.39, 0.29) is 0 Å². The van der Waals surface area contributed by atoms with Crippen LogP contribution >= 0.6 is 0 Å². The molecule has 0 nitrogen and oxygen atoms in total.